The lowest BCUT2D eigenvalue weighted by Crippen LogP contribution is -2.55. The van der Waals surface area contributed by atoms with Gasteiger partial charge < -0.3 is 14.4 Å². The monoisotopic (exact) mass is 324 g/mol. The van der Waals surface area contributed by atoms with Crippen LogP contribution in [0.1, 0.15) is 12.5 Å². The number of carbonyl (C=O) groups excluding carboxylic acids is 1. The molecule has 5 heteroatoms. The Morgan fingerprint density at radius 2 is 1.83 bits per heavy atom. The first kappa shape index (κ1) is 15.0. The van der Waals surface area contributed by atoms with Crippen molar-refractivity contribution in [2.24, 2.45) is 0 Å². The van der Waals surface area contributed by atoms with Crippen LogP contribution in [0.25, 0.3) is 0 Å². The average Bonchev–Trinajstić information content (AvgIpc) is 3.08. The van der Waals surface area contributed by atoms with E-state index in [9.17, 15) is 4.79 Å². The molecule has 2 aliphatic rings. The smallest absolute Gasteiger partial charge is 0.244 e. The number of nitrogens with zero attached hydrogens (tertiary/aromatic N) is 2. The van der Waals surface area contributed by atoms with Crippen molar-refractivity contribution in [2.75, 3.05) is 24.8 Å². The van der Waals surface area contributed by atoms with Crippen LogP contribution in [0.5, 0.6) is 11.5 Å². The summed E-state index contributed by atoms with van der Waals surface area (Å²) in [6, 6.07) is 15.8. The zero-order valence-electron chi connectivity index (χ0n) is 13.6. The fourth-order valence-corrected chi connectivity index (χ4v) is 3.26. The van der Waals surface area contributed by atoms with Crippen LogP contribution in [0, 0.1) is 0 Å². The van der Waals surface area contributed by atoms with Gasteiger partial charge in [0.05, 0.1) is 6.04 Å². The largest absolute Gasteiger partial charge is 0.454 e. The maximum Gasteiger partial charge on any atom is 0.244 e. The number of hydrogen-bond acceptors (Lipinski definition) is 4. The SMILES string of the molecule is CC1C(=O)N(c2ccc3c(c2)OCO3)CCN1Cc1ccccc1. The van der Waals surface area contributed by atoms with Gasteiger partial charge in [0.25, 0.3) is 0 Å². The van der Waals surface area contributed by atoms with Crippen LogP contribution in [0.2, 0.25) is 0 Å². The molecule has 0 saturated carbocycles. The fraction of sp³-hybridized carbons (Fsp3) is 0.316. The fourth-order valence-electron chi connectivity index (χ4n) is 3.26. The predicted octanol–water partition coefficient (Wildman–Crippen LogP) is 2.65. The Balaban J connectivity index is 1.50. The molecule has 0 N–H and O–H groups in total. The number of hydrogen-bond donors (Lipinski definition) is 0. The Labute approximate surface area is 141 Å². The third-order valence-corrected chi connectivity index (χ3v) is 4.68. The quantitative estimate of drug-likeness (QED) is 0.870. The van der Waals surface area contributed by atoms with Gasteiger partial charge in [-0.1, -0.05) is 30.3 Å². The van der Waals surface area contributed by atoms with Crippen molar-refractivity contribution >= 4 is 11.6 Å². The van der Waals surface area contributed by atoms with Crippen molar-refractivity contribution in [2.45, 2.75) is 19.5 Å². The third-order valence-electron chi connectivity index (χ3n) is 4.68. The molecule has 4 rings (SSSR count). The van der Waals surface area contributed by atoms with Gasteiger partial charge in [-0.25, -0.2) is 0 Å². The van der Waals surface area contributed by atoms with Gasteiger partial charge in [-0.05, 0) is 24.6 Å². The molecular weight excluding hydrogens is 304 g/mol. The van der Waals surface area contributed by atoms with Crippen molar-refractivity contribution in [3.63, 3.8) is 0 Å². The maximum absolute atomic E-state index is 12.8. The normalized spacial score (nSPS) is 20.5. The lowest BCUT2D eigenvalue weighted by atomic mass is 10.1. The van der Waals surface area contributed by atoms with E-state index in [-0.39, 0.29) is 18.7 Å². The highest BCUT2D eigenvalue weighted by molar-refractivity contribution is 5.98. The molecule has 0 spiro atoms. The Morgan fingerprint density at radius 1 is 1.04 bits per heavy atom. The van der Waals surface area contributed by atoms with Gasteiger partial charge in [0, 0.05) is 31.4 Å². The lowest BCUT2D eigenvalue weighted by Gasteiger charge is -2.39. The van der Waals surface area contributed by atoms with Crippen LogP contribution in [0.3, 0.4) is 0 Å². The first-order chi connectivity index (χ1) is 11.7. The van der Waals surface area contributed by atoms with Crippen LogP contribution in [-0.2, 0) is 11.3 Å². The van der Waals surface area contributed by atoms with Crippen LogP contribution >= 0.6 is 0 Å². The van der Waals surface area contributed by atoms with Crippen molar-refractivity contribution in [1.29, 1.82) is 0 Å². The molecule has 2 aromatic carbocycles. The Bertz CT molecular complexity index is 748. The summed E-state index contributed by atoms with van der Waals surface area (Å²) in [6.07, 6.45) is 0. The van der Waals surface area contributed by atoms with E-state index < -0.39 is 0 Å². The Kier molecular flexibility index (Phi) is 3.86. The summed E-state index contributed by atoms with van der Waals surface area (Å²) in [6.45, 7) is 4.53. The molecule has 0 bridgehead atoms. The minimum Gasteiger partial charge on any atom is -0.454 e. The van der Waals surface area contributed by atoms with Gasteiger partial charge in [-0.3, -0.25) is 9.69 Å². The second kappa shape index (κ2) is 6.17. The second-order valence-corrected chi connectivity index (χ2v) is 6.16. The first-order valence-corrected chi connectivity index (χ1v) is 8.21. The third kappa shape index (κ3) is 2.71. The number of fused-ring (bicyclic) bond motifs is 1. The van der Waals surface area contributed by atoms with Gasteiger partial charge in [0.15, 0.2) is 11.5 Å². The van der Waals surface area contributed by atoms with E-state index >= 15 is 0 Å². The van der Waals surface area contributed by atoms with Crippen molar-refractivity contribution in [1.82, 2.24) is 4.90 Å². The average molecular weight is 324 g/mol. The number of rotatable bonds is 3. The molecule has 0 aromatic heterocycles. The molecule has 2 heterocycles. The summed E-state index contributed by atoms with van der Waals surface area (Å²) in [5.74, 6) is 1.57. The summed E-state index contributed by atoms with van der Waals surface area (Å²) in [7, 11) is 0. The highest BCUT2D eigenvalue weighted by Crippen LogP contribution is 2.36. The molecule has 5 nitrogen and oxygen atoms in total. The summed E-state index contributed by atoms with van der Waals surface area (Å²) in [5, 5.41) is 0. The van der Waals surface area contributed by atoms with Crippen LogP contribution < -0.4 is 14.4 Å². The molecule has 1 fully saturated rings. The van der Waals surface area contributed by atoms with Crippen molar-refractivity contribution in [3.05, 3.63) is 54.1 Å². The molecule has 1 unspecified atom stereocenters. The molecule has 2 aliphatic heterocycles. The number of ether oxygens (including phenoxy) is 2. The zero-order chi connectivity index (χ0) is 16.5. The van der Waals surface area contributed by atoms with Crippen LogP contribution in [0.4, 0.5) is 5.69 Å². The highest BCUT2D eigenvalue weighted by Gasteiger charge is 2.32. The maximum atomic E-state index is 12.8. The molecule has 1 amide bonds. The van der Waals surface area contributed by atoms with Gasteiger partial charge in [-0.2, -0.15) is 0 Å². The van der Waals surface area contributed by atoms with E-state index in [2.05, 4.69) is 17.0 Å². The first-order valence-electron chi connectivity index (χ1n) is 8.21. The number of benzene rings is 2. The van der Waals surface area contributed by atoms with Crippen LogP contribution in [-0.4, -0.2) is 36.7 Å². The zero-order valence-corrected chi connectivity index (χ0v) is 13.6. The number of carbonyl (C=O) groups is 1. The summed E-state index contributed by atoms with van der Waals surface area (Å²) < 4.78 is 10.8. The van der Waals surface area contributed by atoms with E-state index in [1.54, 1.807) is 0 Å². The van der Waals surface area contributed by atoms with E-state index in [1.165, 1.54) is 5.56 Å². The second-order valence-electron chi connectivity index (χ2n) is 6.16. The number of anilines is 1. The minimum absolute atomic E-state index is 0.121. The van der Waals surface area contributed by atoms with Crippen LogP contribution in [0.15, 0.2) is 48.5 Å². The lowest BCUT2D eigenvalue weighted by molar-refractivity contribution is -0.125. The molecular formula is C19H20N2O3. The summed E-state index contributed by atoms with van der Waals surface area (Å²) >= 11 is 0. The molecule has 24 heavy (non-hydrogen) atoms. The molecule has 1 atom stereocenters. The standard InChI is InChI=1S/C19H20N2O3/c1-14-19(22)21(16-7-8-17-18(11-16)24-13-23-17)10-9-20(14)12-15-5-3-2-4-6-15/h2-8,11,14H,9-10,12-13H2,1H3. The molecule has 124 valence electrons. The molecule has 1 saturated heterocycles. The van der Waals surface area contributed by atoms with Gasteiger partial charge >= 0.3 is 0 Å². The van der Waals surface area contributed by atoms with Crippen molar-refractivity contribution < 1.29 is 14.3 Å². The van der Waals surface area contributed by atoms with Crippen molar-refractivity contribution in [3.8, 4) is 11.5 Å². The number of piperazine rings is 1. The van der Waals surface area contributed by atoms with E-state index in [1.807, 2.05) is 48.2 Å². The Hall–Kier alpha value is -2.53. The summed E-state index contributed by atoms with van der Waals surface area (Å²) in [5.41, 5.74) is 2.10. The van der Waals surface area contributed by atoms with Gasteiger partial charge in [-0.15, -0.1) is 0 Å². The summed E-state index contributed by atoms with van der Waals surface area (Å²) in [4.78, 5) is 16.9. The molecule has 0 aliphatic carbocycles. The van der Waals surface area contributed by atoms with E-state index in [0.717, 1.165) is 24.5 Å². The van der Waals surface area contributed by atoms with Gasteiger partial charge in [0.1, 0.15) is 0 Å². The minimum atomic E-state index is -0.149. The Morgan fingerprint density at radius 3 is 2.67 bits per heavy atom. The topological polar surface area (TPSA) is 42.0 Å². The molecule has 0 radical (unpaired) electrons. The highest BCUT2D eigenvalue weighted by atomic mass is 16.7. The van der Waals surface area contributed by atoms with Gasteiger partial charge in [0.2, 0.25) is 12.7 Å². The molecule has 2 aromatic rings. The number of amides is 1. The van der Waals surface area contributed by atoms with E-state index in [0.29, 0.717) is 12.3 Å². The van der Waals surface area contributed by atoms with E-state index in [4.69, 9.17) is 9.47 Å². The predicted molar refractivity (Wildman–Crippen MR) is 91.2 cm³/mol.